The molecule has 9 heteroatoms. The zero-order valence-corrected chi connectivity index (χ0v) is 31.4. The lowest BCUT2D eigenvalue weighted by atomic mass is 9.97. The third-order valence-electron chi connectivity index (χ3n) is 9.76. The summed E-state index contributed by atoms with van der Waals surface area (Å²) in [5.41, 5.74) is 4.98. The number of aliphatic hydroxyl groups is 1. The number of aliphatic hydroxyl groups excluding tert-OH is 1. The van der Waals surface area contributed by atoms with Crippen molar-refractivity contribution in [3.8, 4) is 0 Å². The predicted molar refractivity (Wildman–Crippen MR) is 211 cm³/mol. The maximum atomic E-state index is 12.3. The van der Waals surface area contributed by atoms with Crippen LogP contribution in [0.3, 0.4) is 0 Å². The van der Waals surface area contributed by atoms with Gasteiger partial charge in [0.05, 0.1) is 52.5 Å². The first-order valence-electron chi connectivity index (χ1n) is 19.2. The quantitative estimate of drug-likeness (QED) is 0.0916. The Kier molecular flexibility index (Phi) is 14.8. The SMILES string of the molecule is O[C@H]1[C@@H](OCc2ccccc2)[C@@H](COCc2ccccc2)O[C@H](O[C@@H]2[C@H](OCc3ccccc3)C=CO[C@@H]2COCc2ccccc2)[C@@H]1OCc1ccccc1. The Labute approximate surface area is 329 Å². The molecule has 1 fully saturated rings. The molecule has 2 aliphatic heterocycles. The third-order valence-corrected chi connectivity index (χ3v) is 9.76. The van der Waals surface area contributed by atoms with Crippen molar-refractivity contribution < 1.29 is 43.0 Å². The molecule has 292 valence electrons. The van der Waals surface area contributed by atoms with Gasteiger partial charge in [-0.3, -0.25) is 0 Å². The van der Waals surface area contributed by atoms with Crippen molar-refractivity contribution in [1.29, 1.82) is 0 Å². The van der Waals surface area contributed by atoms with Crippen molar-refractivity contribution in [1.82, 2.24) is 0 Å². The highest BCUT2D eigenvalue weighted by atomic mass is 16.7. The number of benzene rings is 5. The average Bonchev–Trinajstić information content (AvgIpc) is 3.25. The lowest BCUT2D eigenvalue weighted by molar-refractivity contribution is -0.341. The van der Waals surface area contributed by atoms with Gasteiger partial charge in [0.1, 0.15) is 36.6 Å². The molecule has 0 radical (unpaired) electrons. The zero-order valence-electron chi connectivity index (χ0n) is 31.4. The summed E-state index contributed by atoms with van der Waals surface area (Å²) < 4.78 is 51.8. The maximum absolute atomic E-state index is 12.3. The van der Waals surface area contributed by atoms with E-state index in [0.717, 1.165) is 27.8 Å². The molecule has 56 heavy (non-hydrogen) atoms. The first-order chi connectivity index (χ1) is 27.7. The van der Waals surface area contributed by atoms with Gasteiger partial charge in [-0.05, 0) is 33.9 Å². The number of hydrogen-bond donors (Lipinski definition) is 1. The molecule has 2 aliphatic rings. The van der Waals surface area contributed by atoms with Crippen molar-refractivity contribution in [3.63, 3.8) is 0 Å². The van der Waals surface area contributed by atoms with Crippen LogP contribution < -0.4 is 0 Å². The Morgan fingerprint density at radius 2 is 0.857 bits per heavy atom. The second-order valence-corrected chi connectivity index (χ2v) is 13.9. The van der Waals surface area contributed by atoms with Gasteiger partial charge < -0.3 is 43.0 Å². The molecule has 0 unspecified atom stereocenters. The van der Waals surface area contributed by atoms with Gasteiger partial charge >= 0.3 is 0 Å². The van der Waals surface area contributed by atoms with E-state index in [1.807, 2.05) is 158 Å². The number of hydrogen-bond acceptors (Lipinski definition) is 9. The van der Waals surface area contributed by atoms with E-state index in [4.69, 9.17) is 37.9 Å². The molecule has 7 rings (SSSR count). The Hall–Kier alpha value is -4.68. The van der Waals surface area contributed by atoms with E-state index in [1.165, 1.54) is 0 Å². The first kappa shape index (κ1) is 39.6. The smallest absolute Gasteiger partial charge is 0.187 e. The largest absolute Gasteiger partial charge is 0.493 e. The monoisotopic (exact) mass is 758 g/mol. The Morgan fingerprint density at radius 3 is 1.34 bits per heavy atom. The zero-order chi connectivity index (χ0) is 38.2. The lowest BCUT2D eigenvalue weighted by Gasteiger charge is -2.46. The second-order valence-electron chi connectivity index (χ2n) is 13.9. The molecule has 9 nitrogen and oxygen atoms in total. The van der Waals surface area contributed by atoms with E-state index in [-0.39, 0.29) is 26.4 Å². The minimum absolute atomic E-state index is 0.134. The summed E-state index contributed by atoms with van der Waals surface area (Å²) in [6.07, 6.45) is -3.01. The first-order valence-corrected chi connectivity index (χ1v) is 19.2. The molecule has 0 saturated carbocycles. The van der Waals surface area contributed by atoms with E-state index in [2.05, 4.69) is 0 Å². The van der Waals surface area contributed by atoms with E-state index in [1.54, 1.807) is 6.26 Å². The van der Waals surface area contributed by atoms with Crippen LogP contribution in [0.25, 0.3) is 0 Å². The molecule has 1 saturated heterocycles. The average molecular weight is 759 g/mol. The molecule has 0 aromatic heterocycles. The van der Waals surface area contributed by atoms with Crippen LogP contribution in [0.2, 0.25) is 0 Å². The minimum Gasteiger partial charge on any atom is -0.493 e. The summed E-state index contributed by atoms with van der Waals surface area (Å²) in [5, 5.41) is 12.3. The predicted octanol–water partition coefficient (Wildman–Crippen LogP) is 7.56. The van der Waals surface area contributed by atoms with Crippen LogP contribution in [-0.2, 0) is 70.9 Å². The van der Waals surface area contributed by atoms with Crippen LogP contribution in [0.4, 0.5) is 0 Å². The molecule has 5 aromatic carbocycles. The topological polar surface area (TPSA) is 94.1 Å². The minimum atomic E-state index is -1.15. The van der Waals surface area contributed by atoms with Gasteiger partial charge in [0, 0.05) is 0 Å². The Balaban J connectivity index is 1.14. The molecule has 5 aromatic rings. The highest BCUT2D eigenvalue weighted by Crippen LogP contribution is 2.32. The van der Waals surface area contributed by atoms with Crippen LogP contribution in [0.5, 0.6) is 0 Å². The molecule has 2 heterocycles. The summed E-state index contributed by atoms with van der Waals surface area (Å²) in [6.45, 7) is 1.93. The lowest BCUT2D eigenvalue weighted by Crippen LogP contribution is -2.62. The van der Waals surface area contributed by atoms with Crippen molar-refractivity contribution in [3.05, 3.63) is 192 Å². The molecular weight excluding hydrogens is 709 g/mol. The maximum Gasteiger partial charge on any atom is 0.187 e. The van der Waals surface area contributed by atoms with Gasteiger partial charge in [0.2, 0.25) is 0 Å². The van der Waals surface area contributed by atoms with Gasteiger partial charge in [0.25, 0.3) is 0 Å². The van der Waals surface area contributed by atoms with E-state index in [0.29, 0.717) is 19.8 Å². The normalized spacial score (nSPS) is 24.7. The summed E-state index contributed by atoms with van der Waals surface area (Å²) >= 11 is 0. The summed E-state index contributed by atoms with van der Waals surface area (Å²) in [7, 11) is 0. The van der Waals surface area contributed by atoms with Crippen molar-refractivity contribution in [2.45, 2.75) is 82.1 Å². The molecule has 0 amide bonds. The van der Waals surface area contributed by atoms with Crippen molar-refractivity contribution in [2.75, 3.05) is 13.2 Å². The molecule has 8 atom stereocenters. The van der Waals surface area contributed by atoms with E-state index in [9.17, 15) is 5.11 Å². The fraction of sp³-hybridized carbons (Fsp3) is 0.319. The second kappa shape index (κ2) is 21.0. The molecule has 1 N–H and O–H groups in total. The molecule has 0 spiro atoms. The molecule has 0 bridgehead atoms. The summed E-state index contributed by atoms with van der Waals surface area (Å²) in [6, 6.07) is 49.5. The highest BCUT2D eigenvalue weighted by Gasteiger charge is 2.50. The van der Waals surface area contributed by atoms with Crippen LogP contribution in [-0.4, -0.2) is 67.3 Å². The fourth-order valence-electron chi connectivity index (χ4n) is 6.78. The van der Waals surface area contributed by atoms with Gasteiger partial charge in [-0.15, -0.1) is 0 Å². The molecule has 0 aliphatic carbocycles. The number of ether oxygens (including phenoxy) is 8. The van der Waals surface area contributed by atoms with Crippen molar-refractivity contribution >= 4 is 0 Å². The van der Waals surface area contributed by atoms with Crippen LogP contribution in [0.15, 0.2) is 164 Å². The summed E-state index contributed by atoms with van der Waals surface area (Å²) in [4.78, 5) is 0. The molecular formula is C47H50O9. The Bertz CT molecular complexity index is 1840. The van der Waals surface area contributed by atoms with Gasteiger partial charge in [-0.2, -0.15) is 0 Å². The van der Waals surface area contributed by atoms with E-state index < -0.39 is 49.0 Å². The van der Waals surface area contributed by atoms with E-state index >= 15 is 0 Å². The Morgan fingerprint density at radius 1 is 0.446 bits per heavy atom. The van der Waals surface area contributed by atoms with Gasteiger partial charge in [-0.25, -0.2) is 0 Å². The fourth-order valence-corrected chi connectivity index (χ4v) is 6.78. The summed E-state index contributed by atoms with van der Waals surface area (Å²) in [5.74, 6) is 0. The third kappa shape index (κ3) is 11.4. The van der Waals surface area contributed by atoms with Gasteiger partial charge in [-0.1, -0.05) is 152 Å². The van der Waals surface area contributed by atoms with Crippen LogP contribution in [0, 0.1) is 0 Å². The van der Waals surface area contributed by atoms with Crippen LogP contribution in [0.1, 0.15) is 27.8 Å². The van der Waals surface area contributed by atoms with Gasteiger partial charge in [0.15, 0.2) is 12.4 Å². The van der Waals surface area contributed by atoms with Crippen molar-refractivity contribution in [2.24, 2.45) is 0 Å². The van der Waals surface area contributed by atoms with Crippen LogP contribution >= 0.6 is 0 Å². The highest BCUT2D eigenvalue weighted by molar-refractivity contribution is 5.17. The standard InChI is InChI=1S/C47H50O9/c48-43-45(53-31-38-22-12-4-13-23-38)42(34-50-29-36-18-8-2-9-19-36)55-47(46(43)54-32-39-24-14-5-15-25-39)56-44-40(52-30-37-20-10-3-11-21-37)26-27-51-41(44)33-49-28-35-16-6-1-7-17-35/h1-27,40-48H,28-34H2/t40-,41-,42-,43+,44-,45+,46-,47-/m1/s1. The number of rotatable bonds is 19.